The van der Waals surface area contributed by atoms with Gasteiger partial charge in [-0.15, -0.1) is 0 Å². The molecule has 1 aliphatic rings. The molecule has 0 saturated carbocycles. The lowest BCUT2D eigenvalue weighted by molar-refractivity contribution is 0.415. The van der Waals surface area contributed by atoms with Gasteiger partial charge < -0.3 is 15.0 Å². The van der Waals surface area contributed by atoms with E-state index in [1.54, 1.807) is 25.4 Å². The summed E-state index contributed by atoms with van der Waals surface area (Å²) in [6, 6.07) is 5.64. The summed E-state index contributed by atoms with van der Waals surface area (Å²) in [4.78, 5) is 8.74. The number of allylic oxidation sites excluding steroid dienone is 1. The quantitative estimate of drug-likeness (QED) is 0.670. The second kappa shape index (κ2) is 5.64. The molecule has 3 aromatic rings. The third-order valence-corrected chi connectivity index (χ3v) is 4.15. The van der Waals surface area contributed by atoms with E-state index in [0.29, 0.717) is 35.3 Å². The highest BCUT2D eigenvalue weighted by Crippen LogP contribution is 2.36. The summed E-state index contributed by atoms with van der Waals surface area (Å²) in [5.74, 6) is 7.91. The van der Waals surface area contributed by atoms with Gasteiger partial charge in [0.05, 0.1) is 29.9 Å². The van der Waals surface area contributed by atoms with Crippen LogP contribution in [0, 0.1) is 6.92 Å². The molecule has 0 spiro atoms. The van der Waals surface area contributed by atoms with E-state index in [0.717, 1.165) is 17.1 Å². The summed E-state index contributed by atoms with van der Waals surface area (Å²) >= 11 is 0. The van der Waals surface area contributed by atoms with Gasteiger partial charge >= 0.3 is 0 Å². The number of fused-ring (bicyclic) bond motifs is 3. The maximum absolute atomic E-state index is 6.30. The smallest absolute Gasteiger partial charge is 0.278 e. The normalized spacial score (nSPS) is 15.0. The van der Waals surface area contributed by atoms with Crippen LogP contribution in [0.4, 0.5) is 5.69 Å². The minimum atomic E-state index is 0.364. The van der Waals surface area contributed by atoms with E-state index in [9.17, 15) is 0 Å². The minimum Gasteiger partial charge on any atom is -0.497 e. The van der Waals surface area contributed by atoms with Crippen LogP contribution in [0.1, 0.15) is 11.5 Å². The number of benzene rings is 1. The van der Waals surface area contributed by atoms with Crippen molar-refractivity contribution < 1.29 is 9.26 Å². The van der Waals surface area contributed by atoms with Gasteiger partial charge in [0.25, 0.3) is 5.89 Å². The molecule has 9 nitrogen and oxygen atoms in total. The van der Waals surface area contributed by atoms with Crippen molar-refractivity contribution in [2.45, 2.75) is 13.3 Å². The summed E-state index contributed by atoms with van der Waals surface area (Å²) in [6.07, 6.45) is 3.65. The maximum Gasteiger partial charge on any atom is 0.278 e. The predicted octanol–water partition coefficient (Wildman–Crippen LogP) is 1.28. The van der Waals surface area contributed by atoms with Gasteiger partial charge in [0.15, 0.2) is 11.5 Å². The van der Waals surface area contributed by atoms with E-state index < -0.39 is 0 Å². The Labute approximate surface area is 143 Å². The number of nitrogens with two attached hydrogens (primary N) is 2. The van der Waals surface area contributed by atoms with E-state index in [1.165, 1.54) is 6.20 Å². The van der Waals surface area contributed by atoms with Gasteiger partial charge in [0, 0.05) is 18.7 Å². The van der Waals surface area contributed by atoms with Crippen LogP contribution in [0.2, 0.25) is 0 Å². The van der Waals surface area contributed by atoms with Crippen LogP contribution in [0.25, 0.3) is 17.3 Å². The van der Waals surface area contributed by atoms with Crippen LogP contribution >= 0.6 is 0 Å². The minimum absolute atomic E-state index is 0.364. The van der Waals surface area contributed by atoms with E-state index in [4.69, 9.17) is 20.8 Å². The summed E-state index contributed by atoms with van der Waals surface area (Å²) in [6.45, 7) is 1.76. The molecule has 0 unspecified atom stereocenters. The number of imidazole rings is 1. The van der Waals surface area contributed by atoms with Crippen LogP contribution < -0.4 is 21.3 Å². The molecule has 0 aliphatic carbocycles. The largest absolute Gasteiger partial charge is 0.497 e. The summed E-state index contributed by atoms with van der Waals surface area (Å²) < 4.78 is 12.5. The first-order chi connectivity index (χ1) is 12.1. The predicted molar refractivity (Wildman–Crippen MR) is 90.8 cm³/mol. The third kappa shape index (κ3) is 2.32. The molecule has 128 valence electrons. The van der Waals surface area contributed by atoms with Gasteiger partial charge in [0.1, 0.15) is 12.1 Å². The number of rotatable bonds is 2. The lowest BCUT2D eigenvalue weighted by Crippen LogP contribution is -2.31. The van der Waals surface area contributed by atoms with Crippen molar-refractivity contribution in [3.8, 4) is 23.0 Å². The Hall–Kier alpha value is -3.33. The Morgan fingerprint density at radius 3 is 2.84 bits per heavy atom. The van der Waals surface area contributed by atoms with Gasteiger partial charge in [-0.3, -0.25) is 9.58 Å². The lowest BCUT2D eigenvalue weighted by atomic mass is 10.2. The topological polar surface area (TPSA) is 121 Å². The average Bonchev–Trinajstić information content (AvgIpc) is 3.21. The molecular formula is C16H17N7O2. The highest BCUT2D eigenvalue weighted by atomic mass is 16.5. The molecule has 1 aliphatic heterocycles. The Bertz CT molecular complexity index is 973. The molecule has 4 rings (SSSR count). The van der Waals surface area contributed by atoms with Crippen molar-refractivity contribution in [2.24, 2.45) is 11.6 Å². The maximum atomic E-state index is 6.30. The van der Waals surface area contributed by atoms with Gasteiger partial charge in [-0.1, -0.05) is 5.16 Å². The van der Waals surface area contributed by atoms with Crippen molar-refractivity contribution in [2.75, 3.05) is 12.1 Å². The first-order valence-electron chi connectivity index (χ1n) is 7.63. The van der Waals surface area contributed by atoms with E-state index in [2.05, 4.69) is 15.1 Å². The van der Waals surface area contributed by atoms with Crippen molar-refractivity contribution in [1.29, 1.82) is 0 Å². The molecule has 9 heteroatoms. The molecule has 4 N–H and O–H groups in total. The van der Waals surface area contributed by atoms with Crippen LogP contribution in [-0.2, 0) is 6.42 Å². The molecule has 2 aromatic heterocycles. The van der Waals surface area contributed by atoms with Gasteiger partial charge in [-0.05, 0) is 19.1 Å². The molecule has 25 heavy (non-hydrogen) atoms. The van der Waals surface area contributed by atoms with Gasteiger partial charge in [0.2, 0.25) is 0 Å². The van der Waals surface area contributed by atoms with Crippen molar-refractivity contribution in [3.05, 3.63) is 47.9 Å². The van der Waals surface area contributed by atoms with E-state index in [1.807, 2.05) is 22.8 Å². The molecule has 0 radical (unpaired) electrons. The van der Waals surface area contributed by atoms with Crippen LogP contribution in [-0.4, -0.2) is 26.8 Å². The zero-order valence-corrected chi connectivity index (χ0v) is 13.8. The van der Waals surface area contributed by atoms with Gasteiger partial charge in [-0.25, -0.2) is 10.8 Å². The number of nitrogens with zero attached hydrogens (tertiary/aromatic N) is 5. The molecule has 3 heterocycles. The fraction of sp³-hybridized carbons (Fsp3) is 0.188. The first-order valence-corrected chi connectivity index (χ1v) is 7.63. The third-order valence-electron chi connectivity index (χ3n) is 4.15. The van der Waals surface area contributed by atoms with Crippen LogP contribution in [0.15, 0.2) is 40.9 Å². The number of methoxy groups -OCH3 is 1. The molecule has 0 fully saturated rings. The Morgan fingerprint density at radius 2 is 2.16 bits per heavy atom. The number of ether oxygens (including phenoxy) is 1. The summed E-state index contributed by atoms with van der Waals surface area (Å²) in [7, 11) is 1.61. The van der Waals surface area contributed by atoms with E-state index >= 15 is 0 Å². The van der Waals surface area contributed by atoms with E-state index in [-0.39, 0.29) is 0 Å². The number of aryl methyl sites for hydroxylation is 1. The molecule has 0 bridgehead atoms. The molecular weight excluding hydrogens is 322 g/mol. The number of anilines is 1. The standard InChI is InChI=1S/C16H17N7O2/c1-9-20-16(25-21-9)15-14-5-10(7-17)23(18)13-6-11(24-2)3-4-12(13)22(14)8-19-15/h3-4,6-8H,5,17-18H2,1-2H3/b10-7-. The highest BCUT2D eigenvalue weighted by molar-refractivity contribution is 5.71. The first kappa shape index (κ1) is 15.2. The number of hydrogen-bond donors (Lipinski definition) is 2. The SMILES string of the molecule is COc1ccc2c(c1)N(N)/C(=C\N)Cc1c(-c3nc(C)no3)ncn1-2. The highest BCUT2D eigenvalue weighted by Gasteiger charge is 2.27. The van der Waals surface area contributed by atoms with Crippen molar-refractivity contribution in [1.82, 2.24) is 19.7 Å². The summed E-state index contributed by atoms with van der Waals surface area (Å²) in [5, 5.41) is 5.39. The Morgan fingerprint density at radius 1 is 1.32 bits per heavy atom. The zero-order valence-electron chi connectivity index (χ0n) is 13.8. The van der Waals surface area contributed by atoms with Crippen LogP contribution in [0.5, 0.6) is 5.75 Å². The molecule has 1 aromatic carbocycles. The number of aromatic nitrogens is 4. The fourth-order valence-corrected chi connectivity index (χ4v) is 2.90. The molecule has 0 saturated heterocycles. The second-order valence-electron chi connectivity index (χ2n) is 5.62. The second-order valence-corrected chi connectivity index (χ2v) is 5.62. The average molecular weight is 339 g/mol. The Kier molecular flexibility index (Phi) is 3.43. The number of hydrogen-bond acceptors (Lipinski definition) is 8. The Balaban J connectivity index is 1.96. The monoisotopic (exact) mass is 339 g/mol. The lowest BCUT2D eigenvalue weighted by Gasteiger charge is -2.21. The summed E-state index contributed by atoms with van der Waals surface area (Å²) in [5.41, 5.74) is 9.60. The zero-order chi connectivity index (χ0) is 17.6. The molecule has 0 atom stereocenters. The number of hydrazine groups is 1. The van der Waals surface area contributed by atoms with Gasteiger partial charge in [-0.2, -0.15) is 4.98 Å². The van der Waals surface area contributed by atoms with Crippen LogP contribution in [0.3, 0.4) is 0 Å². The molecule has 0 amide bonds. The fourth-order valence-electron chi connectivity index (χ4n) is 2.90. The van der Waals surface area contributed by atoms with Crippen molar-refractivity contribution in [3.63, 3.8) is 0 Å². The van der Waals surface area contributed by atoms with Crippen molar-refractivity contribution >= 4 is 5.69 Å².